The molecule has 1 aliphatic heterocycles. The monoisotopic (exact) mass is 308 g/mol. The molecule has 0 atom stereocenters. The van der Waals surface area contributed by atoms with Gasteiger partial charge in [0, 0.05) is 25.2 Å². The average molecular weight is 309 g/mol. The fourth-order valence-corrected chi connectivity index (χ4v) is 3.07. The van der Waals surface area contributed by atoms with Gasteiger partial charge in [0.25, 0.3) is 0 Å². The SMILES string of the molecule is CC1(C)CCN(c2c(Cl)cccc2CNC(C)(C)C)CC1. The second-order valence-electron chi connectivity index (χ2n) is 8.00. The standard InChI is InChI=1S/C18H29ClN2/c1-17(2,3)20-13-14-7-6-8-15(19)16(14)21-11-9-18(4,5)10-12-21/h6-8,20H,9-13H2,1-5H3. The van der Waals surface area contributed by atoms with E-state index in [4.69, 9.17) is 11.6 Å². The molecule has 1 aromatic carbocycles. The molecular formula is C18H29ClN2. The van der Waals surface area contributed by atoms with Crippen molar-refractivity contribution in [3.63, 3.8) is 0 Å². The lowest BCUT2D eigenvalue weighted by atomic mass is 9.82. The van der Waals surface area contributed by atoms with Crippen LogP contribution < -0.4 is 10.2 Å². The van der Waals surface area contributed by atoms with Crippen LogP contribution >= 0.6 is 11.6 Å². The van der Waals surface area contributed by atoms with Gasteiger partial charge in [0.15, 0.2) is 0 Å². The number of halogens is 1. The highest BCUT2D eigenvalue weighted by Gasteiger charge is 2.27. The Bertz CT molecular complexity index is 478. The van der Waals surface area contributed by atoms with Gasteiger partial charge in [-0.1, -0.05) is 37.6 Å². The van der Waals surface area contributed by atoms with E-state index in [1.165, 1.54) is 24.1 Å². The molecule has 1 saturated heterocycles. The van der Waals surface area contributed by atoms with Gasteiger partial charge in [-0.05, 0) is 50.7 Å². The van der Waals surface area contributed by atoms with Gasteiger partial charge in [0.05, 0.1) is 10.7 Å². The Kier molecular flexibility index (Phi) is 4.89. The smallest absolute Gasteiger partial charge is 0.0642 e. The van der Waals surface area contributed by atoms with Gasteiger partial charge in [-0.2, -0.15) is 0 Å². The minimum atomic E-state index is 0.115. The van der Waals surface area contributed by atoms with Crippen LogP contribution in [0.25, 0.3) is 0 Å². The van der Waals surface area contributed by atoms with Crippen LogP contribution in [0, 0.1) is 5.41 Å². The van der Waals surface area contributed by atoms with Crippen LogP contribution in [0.2, 0.25) is 5.02 Å². The van der Waals surface area contributed by atoms with Crippen LogP contribution in [-0.4, -0.2) is 18.6 Å². The summed E-state index contributed by atoms with van der Waals surface area (Å²) < 4.78 is 0. The molecule has 1 aromatic rings. The zero-order valence-electron chi connectivity index (χ0n) is 14.1. The van der Waals surface area contributed by atoms with Crippen molar-refractivity contribution >= 4 is 17.3 Å². The number of para-hydroxylation sites is 1. The Morgan fingerprint density at radius 1 is 1.19 bits per heavy atom. The summed E-state index contributed by atoms with van der Waals surface area (Å²) in [6.45, 7) is 14.4. The summed E-state index contributed by atoms with van der Waals surface area (Å²) in [5, 5.41) is 4.45. The van der Waals surface area contributed by atoms with Crippen molar-refractivity contribution in [3.8, 4) is 0 Å². The molecule has 0 radical (unpaired) electrons. The van der Waals surface area contributed by atoms with E-state index in [9.17, 15) is 0 Å². The molecule has 0 spiro atoms. The second-order valence-corrected chi connectivity index (χ2v) is 8.41. The van der Waals surface area contributed by atoms with E-state index in [2.05, 4.69) is 57.0 Å². The van der Waals surface area contributed by atoms with Crippen molar-refractivity contribution in [2.45, 2.75) is 59.5 Å². The lowest BCUT2D eigenvalue weighted by Gasteiger charge is -2.39. The Balaban J connectivity index is 2.18. The first-order valence-corrected chi connectivity index (χ1v) is 8.33. The summed E-state index contributed by atoms with van der Waals surface area (Å²) in [5.74, 6) is 0. The number of piperidine rings is 1. The molecule has 0 bridgehead atoms. The van der Waals surface area contributed by atoms with Crippen LogP contribution in [0.15, 0.2) is 18.2 Å². The third kappa shape index (κ3) is 4.62. The summed E-state index contributed by atoms with van der Waals surface area (Å²) in [6, 6.07) is 6.26. The lowest BCUT2D eigenvalue weighted by molar-refractivity contribution is 0.279. The van der Waals surface area contributed by atoms with E-state index >= 15 is 0 Å². The van der Waals surface area contributed by atoms with Gasteiger partial charge in [-0.3, -0.25) is 0 Å². The van der Waals surface area contributed by atoms with Gasteiger partial charge in [0.2, 0.25) is 0 Å². The highest BCUT2D eigenvalue weighted by Crippen LogP contribution is 2.37. The molecule has 2 rings (SSSR count). The normalized spacial score (nSPS) is 18.9. The number of anilines is 1. The van der Waals surface area contributed by atoms with Crippen LogP contribution in [0.5, 0.6) is 0 Å². The van der Waals surface area contributed by atoms with Crippen molar-refractivity contribution in [1.29, 1.82) is 0 Å². The van der Waals surface area contributed by atoms with Crippen LogP contribution in [0.3, 0.4) is 0 Å². The largest absolute Gasteiger partial charge is 0.370 e. The lowest BCUT2D eigenvalue weighted by Crippen LogP contribution is -2.39. The minimum Gasteiger partial charge on any atom is -0.370 e. The van der Waals surface area contributed by atoms with E-state index in [0.717, 1.165) is 24.7 Å². The second kappa shape index (κ2) is 6.18. The number of rotatable bonds is 3. The fraction of sp³-hybridized carbons (Fsp3) is 0.667. The highest BCUT2D eigenvalue weighted by molar-refractivity contribution is 6.33. The van der Waals surface area contributed by atoms with E-state index in [-0.39, 0.29) is 5.54 Å². The van der Waals surface area contributed by atoms with E-state index < -0.39 is 0 Å². The van der Waals surface area contributed by atoms with Crippen LogP contribution in [0.4, 0.5) is 5.69 Å². The zero-order chi connectivity index (χ0) is 15.7. The van der Waals surface area contributed by atoms with Gasteiger partial charge in [0.1, 0.15) is 0 Å². The zero-order valence-corrected chi connectivity index (χ0v) is 14.8. The number of hydrogen-bond donors (Lipinski definition) is 1. The van der Waals surface area contributed by atoms with Gasteiger partial charge in [-0.15, -0.1) is 0 Å². The molecule has 3 heteroatoms. The summed E-state index contributed by atoms with van der Waals surface area (Å²) in [7, 11) is 0. The predicted octanol–water partition coefficient (Wildman–Crippen LogP) is 4.85. The van der Waals surface area contributed by atoms with Crippen molar-refractivity contribution in [2.24, 2.45) is 5.41 Å². The molecule has 2 nitrogen and oxygen atoms in total. The molecule has 0 unspecified atom stereocenters. The molecule has 1 fully saturated rings. The first-order valence-electron chi connectivity index (χ1n) is 7.95. The maximum absolute atomic E-state index is 6.51. The molecule has 21 heavy (non-hydrogen) atoms. The molecule has 0 saturated carbocycles. The minimum absolute atomic E-state index is 0.115. The Labute approximate surface area is 134 Å². The summed E-state index contributed by atoms with van der Waals surface area (Å²) in [5.41, 5.74) is 3.11. The van der Waals surface area contributed by atoms with E-state index in [1.807, 2.05) is 6.07 Å². The molecule has 0 aliphatic carbocycles. The van der Waals surface area contributed by atoms with Crippen LogP contribution in [0.1, 0.15) is 53.0 Å². The number of nitrogens with one attached hydrogen (secondary N) is 1. The van der Waals surface area contributed by atoms with Crippen LogP contribution in [-0.2, 0) is 6.54 Å². The topological polar surface area (TPSA) is 15.3 Å². The molecule has 0 amide bonds. The first kappa shape index (κ1) is 16.6. The van der Waals surface area contributed by atoms with Crippen molar-refractivity contribution in [2.75, 3.05) is 18.0 Å². The Hall–Kier alpha value is -0.730. The van der Waals surface area contributed by atoms with Gasteiger partial charge < -0.3 is 10.2 Å². The quantitative estimate of drug-likeness (QED) is 0.858. The molecule has 1 heterocycles. The fourth-order valence-electron chi connectivity index (χ4n) is 2.75. The van der Waals surface area contributed by atoms with Crippen molar-refractivity contribution in [1.82, 2.24) is 5.32 Å². The molecule has 1 aliphatic rings. The van der Waals surface area contributed by atoms with Crippen molar-refractivity contribution < 1.29 is 0 Å². The molecule has 1 N–H and O–H groups in total. The summed E-state index contributed by atoms with van der Waals surface area (Å²) >= 11 is 6.51. The first-order chi connectivity index (χ1) is 9.68. The number of hydrogen-bond acceptors (Lipinski definition) is 2. The maximum Gasteiger partial charge on any atom is 0.0642 e. The molecular weight excluding hydrogens is 280 g/mol. The Morgan fingerprint density at radius 3 is 2.38 bits per heavy atom. The van der Waals surface area contributed by atoms with Gasteiger partial charge >= 0.3 is 0 Å². The van der Waals surface area contributed by atoms with E-state index in [0.29, 0.717) is 5.41 Å². The maximum atomic E-state index is 6.51. The number of benzene rings is 1. The Morgan fingerprint density at radius 2 is 1.81 bits per heavy atom. The van der Waals surface area contributed by atoms with Gasteiger partial charge in [-0.25, -0.2) is 0 Å². The summed E-state index contributed by atoms with van der Waals surface area (Å²) in [4.78, 5) is 2.47. The highest BCUT2D eigenvalue weighted by atomic mass is 35.5. The molecule has 0 aromatic heterocycles. The van der Waals surface area contributed by atoms with E-state index in [1.54, 1.807) is 0 Å². The average Bonchev–Trinajstić information content (AvgIpc) is 2.36. The number of nitrogens with zero attached hydrogens (tertiary/aromatic N) is 1. The molecule has 118 valence electrons. The third-order valence-corrected chi connectivity index (χ3v) is 4.62. The third-order valence-electron chi connectivity index (χ3n) is 4.31. The summed E-state index contributed by atoms with van der Waals surface area (Å²) in [6.07, 6.45) is 2.45. The predicted molar refractivity (Wildman–Crippen MR) is 93.3 cm³/mol. The van der Waals surface area contributed by atoms with Crippen molar-refractivity contribution in [3.05, 3.63) is 28.8 Å².